The van der Waals surface area contributed by atoms with E-state index >= 15 is 0 Å². The number of aromatic nitrogens is 1. The Bertz CT molecular complexity index is 1210. The van der Waals surface area contributed by atoms with Crippen LogP contribution in [0.5, 0.6) is 0 Å². The van der Waals surface area contributed by atoms with Crippen LogP contribution in [0.1, 0.15) is 69.7 Å². The lowest BCUT2D eigenvalue weighted by atomic mass is 9.97. The normalized spacial score (nSPS) is 12.5. The van der Waals surface area contributed by atoms with Gasteiger partial charge in [0, 0.05) is 0 Å². The maximum Gasteiger partial charge on any atom is 0.0854 e. The molecule has 0 aliphatic carbocycles. The Labute approximate surface area is 214 Å². The Morgan fingerprint density at radius 1 is 0.559 bits per heavy atom. The van der Waals surface area contributed by atoms with Gasteiger partial charge in [0.15, 0.2) is 0 Å². The molecule has 0 aliphatic rings. The van der Waals surface area contributed by atoms with Gasteiger partial charge in [-0.15, -0.1) is 0 Å². The van der Waals surface area contributed by atoms with E-state index in [2.05, 4.69) is 41.5 Å². The molecule has 1 aromatic heterocycles. The van der Waals surface area contributed by atoms with Crippen molar-refractivity contribution < 1.29 is 0 Å². The number of hydrogen-bond donors (Lipinski definition) is 0. The van der Waals surface area contributed by atoms with Gasteiger partial charge in [0.2, 0.25) is 0 Å². The minimum absolute atomic E-state index is 0.698. The van der Waals surface area contributed by atoms with Crippen LogP contribution in [0.3, 0.4) is 0 Å². The zero-order chi connectivity index (χ0) is 25.5. The van der Waals surface area contributed by atoms with E-state index in [1.54, 1.807) is 0 Å². The molecule has 0 N–H and O–H groups in total. The van der Waals surface area contributed by atoms with Crippen LogP contribution in [-0.4, -0.2) is 16.4 Å². The second-order valence-electron chi connectivity index (χ2n) is 9.13. The molecule has 178 valence electrons. The van der Waals surface area contributed by atoms with Crippen molar-refractivity contribution in [2.75, 3.05) is 0 Å². The van der Waals surface area contributed by atoms with E-state index in [1.165, 1.54) is 22.3 Å². The van der Waals surface area contributed by atoms with Crippen molar-refractivity contribution in [3.63, 3.8) is 0 Å². The SMILES string of the molecule is C/C(=N\c1c(C)c(C)c(C)c(C)c1Cl)c1cccc(/C(C)=N/c2c(C)c(C)c(C)c(C)c2Cl)n1. The standard InChI is InChI=1S/C29H33Cl2N3/c1-14-16(3)20(7)28(26(30)18(14)5)32-22(9)24-12-11-13-25(34-24)23(10)33-29-21(8)17(4)15(2)19(6)27(29)31/h11-13H,1-10H3/b32-22+,33-23+. The van der Waals surface area contributed by atoms with Crippen molar-refractivity contribution >= 4 is 46.0 Å². The van der Waals surface area contributed by atoms with Crippen molar-refractivity contribution in [2.45, 2.75) is 69.2 Å². The topological polar surface area (TPSA) is 37.6 Å². The zero-order valence-electron chi connectivity index (χ0n) is 21.8. The fourth-order valence-corrected chi connectivity index (χ4v) is 4.70. The number of hydrogen-bond acceptors (Lipinski definition) is 3. The average molecular weight is 495 g/mol. The van der Waals surface area contributed by atoms with E-state index < -0.39 is 0 Å². The Kier molecular flexibility index (Phi) is 7.69. The van der Waals surface area contributed by atoms with Crippen LogP contribution in [0.25, 0.3) is 0 Å². The van der Waals surface area contributed by atoms with Crippen LogP contribution in [0.4, 0.5) is 11.4 Å². The summed E-state index contributed by atoms with van der Waals surface area (Å²) in [6.07, 6.45) is 0. The van der Waals surface area contributed by atoms with Crippen LogP contribution in [0.15, 0.2) is 28.2 Å². The minimum atomic E-state index is 0.698. The van der Waals surface area contributed by atoms with Crippen molar-refractivity contribution in [3.8, 4) is 0 Å². The Morgan fingerprint density at radius 3 is 1.24 bits per heavy atom. The van der Waals surface area contributed by atoms with Gasteiger partial charge >= 0.3 is 0 Å². The summed E-state index contributed by atoms with van der Waals surface area (Å²) in [6, 6.07) is 5.91. The highest BCUT2D eigenvalue weighted by atomic mass is 35.5. The van der Waals surface area contributed by atoms with Gasteiger partial charge in [0.25, 0.3) is 0 Å². The number of halogens is 2. The lowest BCUT2D eigenvalue weighted by molar-refractivity contribution is 1.19. The van der Waals surface area contributed by atoms with Crippen LogP contribution < -0.4 is 0 Å². The highest BCUT2D eigenvalue weighted by molar-refractivity contribution is 6.34. The third kappa shape index (κ3) is 4.69. The highest BCUT2D eigenvalue weighted by Crippen LogP contribution is 2.38. The van der Waals surface area contributed by atoms with E-state index in [-0.39, 0.29) is 0 Å². The molecule has 0 saturated heterocycles. The predicted molar refractivity (Wildman–Crippen MR) is 149 cm³/mol. The molecule has 0 atom stereocenters. The molecule has 0 spiro atoms. The summed E-state index contributed by atoms with van der Waals surface area (Å²) in [4.78, 5) is 14.7. The van der Waals surface area contributed by atoms with E-state index in [0.29, 0.717) is 10.0 Å². The van der Waals surface area contributed by atoms with Crippen molar-refractivity contribution in [3.05, 3.63) is 84.1 Å². The number of nitrogens with zero attached hydrogens (tertiary/aromatic N) is 3. The first-order valence-electron chi connectivity index (χ1n) is 11.5. The predicted octanol–water partition coefficient (Wildman–Crippen LogP) is 9.14. The van der Waals surface area contributed by atoms with Crippen molar-refractivity contribution in [1.29, 1.82) is 0 Å². The number of aliphatic imine (C=N–C) groups is 2. The quantitative estimate of drug-likeness (QED) is 0.333. The average Bonchev–Trinajstić information content (AvgIpc) is 2.84. The molecule has 3 aromatic rings. The summed E-state index contributed by atoms with van der Waals surface area (Å²) in [7, 11) is 0. The van der Waals surface area contributed by atoms with Gasteiger partial charge in [-0.25, -0.2) is 15.0 Å². The molecule has 0 saturated carbocycles. The summed E-state index contributed by atoms with van der Waals surface area (Å²) in [5.41, 5.74) is 14.0. The molecule has 2 aromatic carbocycles. The highest BCUT2D eigenvalue weighted by Gasteiger charge is 2.16. The van der Waals surface area contributed by atoms with Gasteiger partial charge < -0.3 is 0 Å². The molecule has 0 unspecified atom stereocenters. The summed E-state index contributed by atoms with van der Waals surface area (Å²) in [6.45, 7) is 20.6. The maximum atomic E-state index is 6.69. The zero-order valence-corrected chi connectivity index (χ0v) is 23.3. The van der Waals surface area contributed by atoms with Crippen LogP contribution in [0.2, 0.25) is 10.0 Å². The van der Waals surface area contributed by atoms with Gasteiger partial charge in [0.05, 0.1) is 44.2 Å². The second kappa shape index (κ2) is 10.0. The minimum Gasteiger partial charge on any atom is -0.250 e. The van der Waals surface area contributed by atoms with Gasteiger partial charge in [-0.2, -0.15) is 0 Å². The van der Waals surface area contributed by atoms with E-state index in [4.69, 9.17) is 38.2 Å². The van der Waals surface area contributed by atoms with Crippen LogP contribution in [0, 0.1) is 55.4 Å². The summed E-state index contributed by atoms with van der Waals surface area (Å²) >= 11 is 13.4. The van der Waals surface area contributed by atoms with Crippen LogP contribution in [-0.2, 0) is 0 Å². The molecule has 0 aliphatic heterocycles. The van der Waals surface area contributed by atoms with E-state index in [1.807, 2.05) is 45.9 Å². The summed E-state index contributed by atoms with van der Waals surface area (Å²) in [5, 5.41) is 1.40. The molecular formula is C29H33Cl2N3. The monoisotopic (exact) mass is 493 g/mol. The Morgan fingerprint density at radius 2 is 0.882 bits per heavy atom. The van der Waals surface area contributed by atoms with Gasteiger partial charge in [-0.1, -0.05) is 29.3 Å². The van der Waals surface area contributed by atoms with E-state index in [9.17, 15) is 0 Å². The molecular weight excluding hydrogens is 461 g/mol. The number of rotatable bonds is 4. The Hall–Kier alpha value is -2.49. The molecule has 3 rings (SSSR count). The van der Waals surface area contributed by atoms with Crippen molar-refractivity contribution in [2.24, 2.45) is 9.98 Å². The fourth-order valence-electron chi connectivity index (χ4n) is 4.05. The van der Waals surface area contributed by atoms with Crippen molar-refractivity contribution in [1.82, 2.24) is 4.98 Å². The summed E-state index contributed by atoms with van der Waals surface area (Å²) < 4.78 is 0. The molecule has 0 fully saturated rings. The number of pyridine rings is 1. The smallest absolute Gasteiger partial charge is 0.0854 e. The summed E-state index contributed by atoms with van der Waals surface area (Å²) in [5.74, 6) is 0. The third-order valence-electron chi connectivity index (χ3n) is 7.21. The van der Waals surface area contributed by atoms with Crippen LogP contribution >= 0.6 is 23.2 Å². The van der Waals surface area contributed by atoms with E-state index in [0.717, 1.165) is 56.4 Å². The first kappa shape index (κ1) is 26.1. The molecule has 34 heavy (non-hydrogen) atoms. The largest absolute Gasteiger partial charge is 0.250 e. The van der Waals surface area contributed by atoms with Gasteiger partial charge in [0.1, 0.15) is 0 Å². The maximum absolute atomic E-state index is 6.69. The fraction of sp³-hybridized carbons (Fsp3) is 0.345. The lowest BCUT2D eigenvalue weighted by Gasteiger charge is -2.15. The molecule has 0 bridgehead atoms. The molecule has 3 nitrogen and oxygen atoms in total. The second-order valence-corrected chi connectivity index (χ2v) is 9.88. The lowest BCUT2D eigenvalue weighted by Crippen LogP contribution is -2.06. The Balaban J connectivity index is 2.08. The number of benzene rings is 2. The molecule has 1 heterocycles. The molecule has 0 radical (unpaired) electrons. The van der Waals surface area contributed by atoms with Gasteiger partial charge in [-0.3, -0.25) is 0 Å². The third-order valence-corrected chi connectivity index (χ3v) is 8.13. The molecule has 0 amide bonds. The first-order valence-corrected chi connectivity index (χ1v) is 12.2. The first-order chi connectivity index (χ1) is 15.9. The van der Waals surface area contributed by atoms with Gasteiger partial charge in [-0.05, 0) is 126 Å². The molecule has 5 heteroatoms.